The highest BCUT2D eigenvalue weighted by molar-refractivity contribution is 7.93. The Balaban J connectivity index is 1.74. The molecule has 0 unspecified atom stereocenters. The van der Waals surface area contributed by atoms with Crippen molar-refractivity contribution < 1.29 is 23.2 Å². The van der Waals surface area contributed by atoms with Crippen LogP contribution in [0.15, 0.2) is 41.0 Å². The topological polar surface area (TPSA) is 102 Å². The fourth-order valence-corrected chi connectivity index (χ4v) is 5.97. The molecule has 10 heteroatoms. The van der Waals surface area contributed by atoms with E-state index in [1.54, 1.807) is 18.2 Å². The molecule has 7 nitrogen and oxygen atoms in total. The number of nitrogens with zero attached hydrogens (tertiary/aromatic N) is 3. The van der Waals surface area contributed by atoms with Crippen LogP contribution in [0.1, 0.15) is 31.0 Å². The van der Waals surface area contributed by atoms with Gasteiger partial charge in [-0.2, -0.15) is 4.36 Å². The van der Waals surface area contributed by atoms with Crippen molar-refractivity contribution in [3.8, 4) is 5.75 Å². The van der Waals surface area contributed by atoms with Crippen molar-refractivity contribution in [2.75, 3.05) is 11.5 Å². The van der Waals surface area contributed by atoms with Gasteiger partial charge in [-0.15, -0.1) is 0 Å². The fraction of sp³-hybridized carbons (Fsp3) is 0.318. The normalized spacial score (nSPS) is 16.1. The monoisotopic (exact) mass is 477 g/mol. The van der Waals surface area contributed by atoms with Gasteiger partial charge >= 0.3 is 5.97 Å². The van der Waals surface area contributed by atoms with Gasteiger partial charge in [0.1, 0.15) is 17.9 Å². The van der Waals surface area contributed by atoms with Crippen LogP contribution in [-0.2, 0) is 20.9 Å². The lowest BCUT2D eigenvalue weighted by atomic mass is 10.0. The number of hydrogen-bond donors (Lipinski definition) is 1. The average molecular weight is 478 g/mol. The Labute approximate surface area is 189 Å². The van der Waals surface area contributed by atoms with E-state index in [1.165, 1.54) is 25.4 Å². The number of benzene rings is 2. The molecule has 168 valence electrons. The van der Waals surface area contributed by atoms with E-state index in [-0.39, 0.29) is 17.6 Å². The number of fused-ring (bicyclic) bond motifs is 1. The van der Waals surface area contributed by atoms with Crippen LogP contribution in [0.4, 0.5) is 10.1 Å². The number of hydrogen-bond acceptors (Lipinski definition) is 6. The highest BCUT2D eigenvalue weighted by Crippen LogP contribution is 2.31. The predicted molar refractivity (Wildman–Crippen MR) is 121 cm³/mol. The standard InChI is InChI=1S/C22H21ClFN3O4S/c1-13(22(28)29)31-20-9-15(23)5-4-14(20)8-18-21-17(24)10-16(11-19(21)26-12-25-18)27-32(30)6-2-3-7-32/h4-5,9-13H,2-3,6-8H2,1H3,(H,28,29)/t13-/m1/s1. The summed E-state index contributed by atoms with van der Waals surface area (Å²) in [7, 11) is -2.34. The SMILES string of the molecule is C[C@@H](Oc1cc(Cl)ccc1Cc1ncnc2cc(N=S3(=O)CCCC3)cc(F)c12)C(=O)O. The second-order valence-electron chi connectivity index (χ2n) is 7.65. The van der Waals surface area contributed by atoms with E-state index in [4.69, 9.17) is 21.4 Å². The Morgan fingerprint density at radius 3 is 2.75 bits per heavy atom. The van der Waals surface area contributed by atoms with Gasteiger partial charge in [-0.1, -0.05) is 17.7 Å². The van der Waals surface area contributed by atoms with Crippen molar-refractivity contribution in [2.45, 2.75) is 32.3 Å². The summed E-state index contributed by atoms with van der Waals surface area (Å²) >= 11 is 6.05. The van der Waals surface area contributed by atoms with Gasteiger partial charge in [0.2, 0.25) is 0 Å². The lowest BCUT2D eigenvalue weighted by Gasteiger charge is -2.15. The molecule has 1 aliphatic heterocycles. The molecule has 1 N–H and O–H groups in total. The predicted octanol–water partition coefficient (Wildman–Crippen LogP) is 4.76. The first-order valence-electron chi connectivity index (χ1n) is 10.1. The van der Waals surface area contributed by atoms with Crippen molar-refractivity contribution >= 4 is 43.9 Å². The molecule has 0 saturated carbocycles. The molecule has 2 heterocycles. The highest BCUT2D eigenvalue weighted by Gasteiger charge is 2.19. The second-order valence-corrected chi connectivity index (χ2v) is 10.6. The molecule has 0 spiro atoms. The molecule has 3 aromatic rings. The number of rotatable bonds is 6. The number of carboxylic acid groups (broad SMARTS) is 1. The molecule has 1 saturated heterocycles. The zero-order valence-corrected chi connectivity index (χ0v) is 18.8. The molecular formula is C22H21ClFN3O4S. The number of aliphatic carboxylic acids is 1. The lowest BCUT2D eigenvalue weighted by Crippen LogP contribution is -2.23. The van der Waals surface area contributed by atoms with E-state index in [9.17, 15) is 9.00 Å². The fourth-order valence-electron chi connectivity index (χ4n) is 3.62. The number of carboxylic acids is 1. The van der Waals surface area contributed by atoms with Crippen LogP contribution in [-0.4, -0.2) is 42.9 Å². The summed E-state index contributed by atoms with van der Waals surface area (Å²) in [5, 5.41) is 9.76. The number of aromatic nitrogens is 2. The highest BCUT2D eigenvalue weighted by atomic mass is 35.5. The molecule has 1 fully saturated rings. The van der Waals surface area contributed by atoms with Crippen LogP contribution < -0.4 is 4.74 Å². The third-order valence-electron chi connectivity index (χ3n) is 5.24. The van der Waals surface area contributed by atoms with E-state index in [2.05, 4.69) is 14.3 Å². The number of ether oxygens (including phenoxy) is 1. The Hall–Kier alpha value is -2.78. The first-order valence-corrected chi connectivity index (χ1v) is 12.3. The second kappa shape index (κ2) is 8.99. The third-order valence-corrected chi connectivity index (χ3v) is 7.87. The van der Waals surface area contributed by atoms with Crippen molar-refractivity contribution in [1.82, 2.24) is 9.97 Å². The average Bonchev–Trinajstić information content (AvgIpc) is 3.15. The zero-order valence-electron chi connectivity index (χ0n) is 17.3. The van der Waals surface area contributed by atoms with E-state index >= 15 is 4.39 Å². The number of halogens is 2. The summed E-state index contributed by atoms with van der Waals surface area (Å²) in [6, 6.07) is 7.72. The van der Waals surface area contributed by atoms with Gasteiger partial charge in [0.25, 0.3) is 0 Å². The minimum absolute atomic E-state index is 0.169. The third kappa shape index (κ3) is 4.83. The van der Waals surface area contributed by atoms with Crippen LogP contribution in [0.3, 0.4) is 0 Å². The molecule has 0 aliphatic carbocycles. The number of carbonyl (C=O) groups is 1. The summed E-state index contributed by atoms with van der Waals surface area (Å²) in [5.74, 6) is -0.352. The van der Waals surface area contributed by atoms with Gasteiger partial charge in [-0.05, 0) is 38.0 Å². The van der Waals surface area contributed by atoms with Crippen LogP contribution >= 0.6 is 11.6 Å². The maximum atomic E-state index is 15.1. The Morgan fingerprint density at radius 2 is 2.03 bits per heavy atom. The zero-order chi connectivity index (χ0) is 22.9. The summed E-state index contributed by atoms with van der Waals surface area (Å²) in [5.41, 5.74) is 1.66. The van der Waals surface area contributed by atoms with Crippen LogP contribution in [0.25, 0.3) is 10.9 Å². The molecular weight excluding hydrogens is 457 g/mol. The van der Waals surface area contributed by atoms with E-state index < -0.39 is 27.6 Å². The molecule has 4 rings (SSSR count). The molecule has 0 amide bonds. The molecule has 32 heavy (non-hydrogen) atoms. The molecule has 1 atom stereocenters. The van der Waals surface area contributed by atoms with Gasteiger partial charge in [-0.25, -0.2) is 23.4 Å². The van der Waals surface area contributed by atoms with Crippen molar-refractivity contribution in [3.05, 3.63) is 58.8 Å². The largest absolute Gasteiger partial charge is 0.479 e. The quantitative estimate of drug-likeness (QED) is 0.549. The van der Waals surface area contributed by atoms with Gasteiger partial charge in [0, 0.05) is 34.6 Å². The first-order chi connectivity index (χ1) is 15.2. The minimum atomic E-state index is -2.34. The summed E-state index contributed by atoms with van der Waals surface area (Å²) < 4.78 is 37.7. The minimum Gasteiger partial charge on any atom is -0.479 e. The Bertz CT molecular complexity index is 1310. The van der Waals surface area contributed by atoms with Gasteiger partial charge in [0.15, 0.2) is 6.10 Å². The van der Waals surface area contributed by atoms with E-state index in [1.807, 2.05) is 0 Å². The molecule has 0 radical (unpaired) electrons. The van der Waals surface area contributed by atoms with Crippen LogP contribution in [0.2, 0.25) is 5.02 Å². The first kappa shape index (κ1) is 22.4. The van der Waals surface area contributed by atoms with Crippen molar-refractivity contribution in [2.24, 2.45) is 4.36 Å². The molecule has 2 aromatic carbocycles. The van der Waals surface area contributed by atoms with E-state index in [0.717, 1.165) is 12.8 Å². The molecule has 0 bridgehead atoms. The lowest BCUT2D eigenvalue weighted by molar-refractivity contribution is -0.144. The Kier molecular flexibility index (Phi) is 6.30. The van der Waals surface area contributed by atoms with Gasteiger partial charge < -0.3 is 9.84 Å². The van der Waals surface area contributed by atoms with E-state index in [0.29, 0.717) is 39.0 Å². The van der Waals surface area contributed by atoms with Crippen LogP contribution in [0.5, 0.6) is 5.75 Å². The smallest absolute Gasteiger partial charge is 0.344 e. The Morgan fingerprint density at radius 1 is 1.28 bits per heavy atom. The van der Waals surface area contributed by atoms with Crippen molar-refractivity contribution in [3.63, 3.8) is 0 Å². The summed E-state index contributed by atoms with van der Waals surface area (Å²) in [6.07, 6.45) is 2.12. The summed E-state index contributed by atoms with van der Waals surface area (Å²) in [6.45, 7) is 1.41. The van der Waals surface area contributed by atoms with Crippen molar-refractivity contribution in [1.29, 1.82) is 0 Å². The maximum absolute atomic E-state index is 15.1. The molecule has 1 aliphatic rings. The summed E-state index contributed by atoms with van der Waals surface area (Å²) in [4.78, 5) is 19.6. The van der Waals surface area contributed by atoms with Gasteiger partial charge in [-0.3, -0.25) is 0 Å². The van der Waals surface area contributed by atoms with Crippen LogP contribution in [0, 0.1) is 5.82 Å². The maximum Gasteiger partial charge on any atom is 0.344 e. The molecule has 1 aromatic heterocycles. The van der Waals surface area contributed by atoms with Gasteiger partial charge in [0.05, 0.1) is 32.0 Å².